The standard InChI is InChI=1S/C27H44O2S/c1-4-7-8-9-10-11-12-13-14-15-16-17-18-19-20-21-22-23-24-26(30-25-5-2)27(28)29-6-3/h7-8,10-11,13-14,16-17,19-20,26H,4-6,9,12,15,18,21-25H2,1-3H3. The minimum atomic E-state index is -0.0363. The lowest BCUT2D eigenvalue weighted by atomic mass is 10.1. The number of carbonyl (C=O) groups excluding carboxylic acids is 1. The van der Waals surface area contributed by atoms with Gasteiger partial charge in [0, 0.05) is 0 Å². The van der Waals surface area contributed by atoms with Crippen LogP contribution in [0.5, 0.6) is 0 Å². The molecule has 0 fully saturated rings. The van der Waals surface area contributed by atoms with Gasteiger partial charge in [0.05, 0.1) is 6.61 Å². The Balaban J connectivity index is 3.74. The minimum Gasteiger partial charge on any atom is -0.465 e. The van der Waals surface area contributed by atoms with E-state index in [0.717, 1.165) is 70.0 Å². The topological polar surface area (TPSA) is 26.3 Å². The summed E-state index contributed by atoms with van der Waals surface area (Å²) in [5, 5.41) is 0.0123. The molecule has 2 nitrogen and oxygen atoms in total. The maximum atomic E-state index is 12.0. The second kappa shape index (κ2) is 23.8. The third-order valence-electron chi connectivity index (χ3n) is 4.32. The number of hydrogen-bond donors (Lipinski definition) is 0. The molecule has 0 heterocycles. The van der Waals surface area contributed by atoms with Crippen molar-refractivity contribution in [3.05, 3.63) is 60.8 Å². The summed E-state index contributed by atoms with van der Waals surface area (Å²) in [4.78, 5) is 12.0. The highest BCUT2D eigenvalue weighted by molar-refractivity contribution is 8.00. The molecule has 0 saturated heterocycles. The number of thioether (sulfide) groups is 1. The summed E-state index contributed by atoms with van der Waals surface area (Å²) in [5.41, 5.74) is 0. The first kappa shape index (κ1) is 28.5. The first-order chi connectivity index (χ1) is 14.8. The number of unbranched alkanes of at least 4 members (excludes halogenated alkanes) is 2. The van der Waals surface area contributed by atoms with Crippen molar-refractivity contribution in [3.63, 3.8) is 0 Å². The van der Waals surface area contributed by atoms with Crippen LogP contribution in [0.15, 0.2) is 60.8 Å². The fourth-order valence-corrected chi connectivity index (χ4v) is 3.78. The average Bonchev–Trinajstić information content (AvgIpc) is 2.75. The Labute approximate surface area is 190 Å². The molecule has 0 aliphatic carbocycles. The van der Waals surface area contributed by atoms with E-state index in [0.29, 0.717) is 6.61 Å². The Morgan fingerprint density at radius 2 is 1.30 bits per heavy atom. The summed E-state index contributed by atoms with van der Waals surface area (Å²) in [7, 11) is 0. The van der Waals surface area contributed by atoms with E-state index < -0.39 is 0 Å². The lowest BCUT2D eigenvalue weighted by Crippen LogP contribution is -2.20. The van der Waals surface area contributed by atoms with Gasteiger partial charge in [0.2, 0.25) is 0 Å². The molecule has 0 aromatic carbocycles. The van der Waals surface area contributed by atoms with E-state index in [-0.39, 0.29) is 11.2 Å². The Bertz CT molecular complexity index is 529. The second-order valence-electron chi connectivity index (χ2n) is 7.10. The molecule has 0 aliphatic heterocycles. The number of carbonyl (C=O) groups is 1. The largest absolute Gasteiger partial charge is 0.465 e. The Kier molecular flexibility index (Phi) is 22.6. The highest BCUT2D eigenvalue weighted by Gasteiger charge is 2.19. The molecule has 0 aliphatic rings. The fraction of sp³-hybridized carbons (Fsp3) is 0.593. The van der Waals surface area contributed by atoms with Gasteiger partial charge in [-0.05, 0) is 70.5 Å². The molecule has 0 aromatic rings. The Morgan fingerprint density at radius 1 is 0.767 bits per heavy atom. The van der Waals surface area contributed by atoms with Crippen molar-refractivity contribution in [3.8, 4) is 0 Å². The van der Waals surface area contributed by atoms with E-state index >= 15 is 0 Å². The van der Waals surface area contributed by atoms with Gasteiger partial charge in [-0.3, -0.25) is 4.79 Å². The molecule has 0 rings (SSSR count). The molecule has 0 radical (unpaired) electrons. The van der Waals surface area contributed by atoms with Crippen LogP contribution in [0.2, 0.25) is 0 Å². The fourth-order valence-electron chi connectivity index (χ4n) is 2.73. The number of allylic oxidation sites excluding steroid dienone is 10. The number of esters is 1. The Morgan fingerprint density at radius 3 is 1.80 bits per heavy atom. The van der Waals surface area contributed by atoms with Crippen LogP contribution in [0, 0.1) is 0 Å². The van der Waals surface area contributed by atoms with Crippen molar-refractivity contribution in [1.29, 1.82) is 0 Å². The smallest absolute Gasteiger partial charge is 0.319 e. The van der Waals surface area contributed by atoms with Crippen LogP contribution >= 0.6 is 11.8 Å². The molecule has 1 unspecified atom stereocenters. The monoisotopic (exact) mass is 432 g/mol. The zero-order valence-electron chi connectivity index (χ0n) is 19.6. The molecule has 30 heavy (non-hydrogen) atoms. The maximum Gasteiger partial charge on any atom is 0.319 e. The van der Waals surface area contributed by atoms with Crippen molar-refractivity contribution < 1.29 is 9.53 Å². The first-order valence-corrected chi connectivity index (χ1v) is 12.8. The van der Waals surface area contributed by atoms with Crippen molar-refractivity contribution in [2.75, 3.05) is 12.4 Å². The zero-order chi connectivity index (χ0) is 22.1. The second-order valence-corrected chi connectivity index (χ2v) is 8.41. The SMILES string of the molecule is CCC=CCC=CCC=CCC=CCC=CCCCCC(SCCC)C(=O)OCC. The molecule has 3 heteroatoms. The first-order valence-electron chi connectivity index (χ1n) is 11.8. The van der Waals surface area contributed by atoms with Gasteiger partial charge in [-0.2, -0.15) is 0 Å². The van der Waals surface area contributed by atoms with Crippen LogP contribution in [0.3, 0.4) is 0 Å². The molecule has 0 spiro atoms. The van der Waals surface area contributed by atoms with Gasteiger partial charge in [0.1, 0.15) is 5.25 Å². The van der Waals surface area contributed by atoms with E-state index in [1.807, 2.05) is 6.92 Å². The van der Waals surface area contributed by atoms with Gasteiger partial charge in [-0.15, -0.1) is 11.8 Å². The van der Waals surface area contributed by atoms with Gasteiger partial charge >= 0.3 is 5.97 Å². The molecule has 0 aromatic heterocycles. The molecular formula is C27H44O2S. The van der Waals surface area contributed by atoms with E-state index in [1.165, 1.54) is 0 Å². The molecule has 0 N–H and O–H groups in total. The summed E-state index contributed by atoms with van der Waals surface area (Å²) in [5.74, 6) is 0.990. The van der Waals surface area contributed by atoms with Gasteiger partial charge < -0.3 is 4.74 Å². The van der Waals surface area contributed by atoms with Crippen LogP contribution in [0.25, 0.3) is 0 Å². The van der Waals surface area contributed by atoms with Gasteiger partial charge in [-0.1, -0.05) is 81.0 Å². The number of rotatable bonds is 19. The number of hydrogen-bond acceptors (Lipinski definition) is 3. The lowest BCUT2D eigenvalue weighted by Gasteiger charge is -2.14. The van der Waals surface area contributed by atoms with E-state index in [4.69, 9.17) is 4.74 Å². The summed E-state index contributed by atoms with van der Waals surface area (Å²) in [6.45, 7) is 6.66. The van der Waals surface area contributed by atoms with Crippen molar-refractivity contribution in [2.45, 2.75) is 90.2 Å². The normalized spacial score (nSPS) is 13.6. The van der Waals surface area contributed by atoms with Crippen LogP contribution in [0.4, 0.5) is 0 Å². The Hall–Kier alpha value is -1.48. The zero-order valence-corrected chi connectivity index (χ0v) is 20.4. The quantitative estimate of drug-likeness (QED) is 0.116. The van der Waals surface area contributed by atoms with Gasteiger partial charge in [0.15, 0.2) is 0 Å². The molecule has 0 amide bonds. The summed E-state index contributed by atoms with van der Waals surface area (Å²) in [6.07, 6.45) is 32.7. The highest BCUT2D eigenvalue weighted by Crippen LogP contribution is 2.20. The number of ether oxygens (including phenoxy) is 1. The molecule has 170 valence electrons. The van der Waals surface area contributed by atoms with Gasteiger partial charge in [-0.25, -0.2) is 0 Å². The third-order valence-corrected chi connectivity index (χ3v) is 5.79. The van der Waals surface area contributed by atoms with E-state index in [2.05, 4.69) is 74.6 Å². The summed E-state index contributed by atoms with van der Waals surface area (Å²) < 4.78 is 5.20. The average molecular weight is 433 g/mol. The molecular weight excluding hydrogens is 388 g/mol. The summed E-state index contributed by atoms with van der Waals surface area (Å²) in [6, 6.07) is 0. The molecule has 0 saturated carbocycles. The minimum absolute atomic E-state index is 0.0123. The van der Waals surface area contributed by atoms with E-state index in [9.17, 15) is 4.79 Å². The van der Waals surface area contributed by atoms with Crippen molar-refractivity contribution in [1.82, 2.24) is 0 Å². The van der Waals surface area contributed by atoms with E-state index in [1.54, 1.807) is 11.8 Å². The molecule has 0 bridgehead atoms. The lowest BCUT2D eigenvalue weighted by molar-refractivity contribution is -0.142. The van der Waals surface area contributed by atoms with Crippen LogP contribution in [-0.4, -0.2) is 23.6 Å². The molecule has 1 atom stereocenters. The van der Waals surface area contributed by atoms with Crippen LogP contribution in [-0.2, 0) is 9.53 Å². The van der Waals surface area contributed by atoms with Gasteiger partial charge in [0.25, 0.3) is 0 Å². The highest BCUT2D eigenvalue weighted by atomic mass is 32.2. The maximum absolute atomic E-state index is 12.0. The predicted molar refractivity (Wildman–Crippen MR) is 136 cm³/mol. The van der Waals surface area contributed by atoms with Crippen LogP contribution in [0.1, 0.15) is 85.0 Å². The van der Waals surface area contributed by atoms with Crippen LogP contribution < -0.4 is 0 Å². The van der Waals surface area contributed by atoms with Crippen molar-refractivity contribution >= 4 is 17.7 Å². The third kappa shape index (κ3) is 19.8. The summed E-state index contributed by atoms with van der Waals surface area (Å²) >= 11 is 1.75. The van der Waals surface area contributed by atoms with Crippen molar-refractivity contribution in [2.24, 2.45) is 0 Å². The predicted octanol–water partition coefficient (Wildman–Crippen LogP) is 8.37.